The summed E-state index contributed by atoms with van der Waals surface area (Å²) >= 11 is 0. The van der Waals surface area contributed by atoms with Crippen molar-refractivity contribution in [3.63, 3.8) is 0 Å². The highest BCUT2D eigenvalue weighted by molar-refractivity contribution is 7.94. The van der Waals surface area contributed by atoms with Crippen LogP contribution >= 0.6 is 7.41 Å². The molecule has 0 saturated heterocycles. The Kier molecular flexibility index (Phi) is 5.80. The second-order valence-corrected chi connectivity index (χ2v) is 9.15. The van der Waals surface area contributed by atoms with Crippen LogP contribution in [0.4, 0.5) is 0 Å². The van der Waals surface area contributed by atoms with Gasteiger partial charge in [0, 0.05) is 6.54 Å². The Hall–Kier alpha value is -1.95. The van der Waals surface area contributed by atoms with E-state index in [2.05, 4.69) is 103 Å². The van der Waals surface area contributed by atoms with Crippen molar-refractivity contribution in [3.05, 3.63) is 91.0 Å². The number of benzene rings is 3. The smallest absolute Gasteiger partial charge is 0.178 e. The van der Waals surface area contributed by atoms with Gasteiger partial charge in [0.1, 0.15) is 15.9 Å². The summed E-state index contributed by atoms with van der Waals surface area (Å²) in [7, 11) is -1.83. The van der Waals surface area contributed by atoms with Gasteiger partial charge in [0.25, 0.3) is 0 Å². The van der Waals surface area contributed by atoms with Crippen LogP contribution in [-0.2, 0) is 0 Å². The maximum absolute atomic E-state index is 3.99. The van der Waals surface area contributed by atoms with Crippen molar-refractivity contribution in [2.24, 2.45) is 0 Å². The highest BCUT2D eigenvalue weighted by Crippen LogP contribution is 2.50. The van der Waals surface area contributed by atoms with E-state index in [1.165, 1.54) is 28.8 Å². The van der Waals surface area contributed by atoms with Gasteiger partial charge < -0.3 is 0 Å². The Labute approximate surface area is 146 Å². The molecule has 0 fully saturated rings. The van der Waals surface area contributed by atoms with E-state index in [0.717, 1.165) is 6.54 Å². The average Bonchev–Trinajstić information content (AvgIpc) is 2.68. The minimum atomic E-state index is -1.83. The summed E-state index contributed by atoms with van der Waals surface area (Å²) in [6.07, 6.45) is 2.39. The Morgan fingerprint density at radius 1 is 0.625 bits per heavy atom. The molecule has 0 heterocycles. The summed E-state index contributed by atoms with van der Waals surface area (Å²) in [6.45, 7) is 3.28. The molecule has 2 heteroatoms. The third-order valence-corrected chi connectivity index (χ3v) is 8.23. The fraction of sp³-hybridized carbons (Fsp3) is 0.182. The van der Waals surface area contributed by atoms with Gasteiger partial charge in [-0.3, -0.25) is 0 Å². The van der Waals surface area contributed by atoms with Gasteiger partial charge in [0.2, 0.25) is 0 Å². The van der Waals surface area contributed by atoms with E-state index < -0.39 is 7.41 Å². The Balaban J connectivity index is 2.20. The number of nitrogens with one attached hydrogen (secondary N) is 1. The molecule has 1 nitrogen and oxygen atoms in total. The molecule has 3 aromatic rings. The van der Waals surface area contributed by atoms with Crippen LogP contribution in [0.2, 0.25) is 0 Å². The van der Waals surface area contributed by atoms with Crippen LogP contribution in [0.5, 0.6) is 0 Å². The number of hydrogen-bond acceptors (Lipinski definition) is 1. The van der Waals surface area contributed by atoms with Gasteiger partial charge in [-0.15, -0.1) is 0 Å². The minimum Gasteiger partial charge on any atom is -0.178 e. The first-order chi connectivity index (χ1) is 11.9. The zero-order chi connectivity index (χ0) is 16.7. The third-order valence-electron chi connectivity index (χ3n) is 4.31. The largest absolute Gasteiger partial charge is 0.178 e. The van der Waals surface area contributed by atoms with E-state index in [-0.39, 0.29) is 0 Å². The van der Waals surface area contributed by atoms with Crippen molar-refractivity contribution in [2.75, 3.05) is 6.54 Å². The maximum atomic E-state index is 3.99. The summed E-state index contributed by atoms with van der Waals surface area (Å²) < 4.78 is 0. The molecule has 0 atom stereocenters. The fourth-order valence-electron chi connectivity index (χ4n) is 3.10. The first-order valence-electron chi connectivity index (χ1n) is 8.69. The van der Waals surface area contributed by atoms with E-state index in [0.29, 0.717) is 0 Å². The van der Waals surface area contributed by atoms with Crippen LogP contribution in [-0.4, -0.2) is 6.54 Å². The Morgan fingerprint density at radius 3 is 1.33 bits per heavy atom. The second-order valence-electron chi connectivity index (χ2n) is 5.94. The molecule has 0 aliphatic rings. The van der Waals surface area contributed by atoms with Crippen molar-refractivity contribution in [3.8, 4) is 0 Å². The Morgan fingerprint density at radius 2 is 1.00 bits per heavy atom. The van der Waals surface area contributed by atoms with Crippen LogP contribution in [0.25, 0.3) is 0 Å². The van der Waals surface area contributed by atoms with Crippen LogP contribution in [0.15, 0.2) is 91.0 Å². The molecule has 0 radical (unpaired) electrons. The molecule has 0 aromatic heterocycles. The van der Waals surface area contributed by atoms with Crippen LogP contribution < -0.4 is 21.0 Å². The average molecular weight is 334 g/mol. The quantitative estimate of drug-likeness (QED) is 0.502. The topological polar surface area (TPSA) is 12.0 Å². The minimum absolute atomic E-state index is 1.03. The number of hydrogen-bond donors (Lipinski definition) is 1. The van der Waals surface area contributed by atoms with E-state index in [9.17, 15) is 0 Å². The van der Waals surface area contributed by atoms with Gasteiger partial charge in [0.05, 0.1) is 0 Å². The van der Waals surface area contributed by atoms with E-state index in [1.54, 1.807) is 0 Å². The van der Waals surface area contributed by atoms with E-state index in [1.807, 2.05) is 0 Å². The van der Waals surface area contributed by atoms with Crippen LogP contribution in [0.3, 0.4) is 0 Å². The molecule has 3 rings (SSSR count). The lowest BCUT2D eigenvalue weighted by molar-refractivity contribution is 0.771. The zero-order valence-corrected chi connectivity index (χ0v) is 15.1. The molecule has 0 aliphatic heterocycles. The molecule has 0 saturated carbocycles. The van der Waals surface area contributed by atoms with E-state index in [4.69, 9.17) is 0 Å². The highest BCUT2D eigenvalue weighted by atomic mass is 31.2. The SMILES string of the molecule is CCCCN[P+](c1ccccc1)(c1ccccc1)c1ccccc1. The lowest BCUT2D eigenvalue weighted by atomic mass is 10.3. The molecule has 1 N–H and O–H groups in total. The fourth-order valence-corrected chi connectivity index (χ4v) is 6.89. The van der Waals surface area contributed by atoms with E-state index >= 15 is 0 Å². The lowest BCUT2D eigenvalue weighted by Gasteiger charge is -2.27. The van der Waals surface area contributed by atoms with Crippen LogP contribution in [0.1, 0.15) is 19.8 Å². The molecular formula is C22H25NP+. The van der Waals surface area contributed by atoms with Gasteiger partial charge >= 0.3 is 0 Å². The number of rotatable bonds is 7. The molecular weight excluding hydrogens is 309 g/mol. The first-order valence-corrected chi connectivity index (χ1v) is 10.5. The summed E-state index contributed by atoms with van der Waals surface area (Å²) in [5.74, 6) is 0. The van der Waals surface area contributed by atoms with Gasteiger partial charge in [-0.2, -0.15) is 5.09 Å². The molecule has 0 bridgehead atoms. The molecule has 3 aromatic carbocycles. The van der Waals surface area contributed by atoms with Crippen molar-refractivity contribution in [1.82, 2.24) is 5.09 Å². The van der Waals surface area contributed by atoms with Crippen LogP contribution in [0, 0.1) is 0 Å². The maximum Gasteiger partial charge on any atom is 0.178 e. The lowest BCUT2D eigenvalue weighted by Crippen LogP contribution is -2.40. The van der Waals surface area contributed by atoms with Crippen molar-refractivity contribution < 1.29 is 0 Å². The summed E-state index contributed by atoms with van der Waals surface area (Å²) in [5, 5.41) is 8.16. The highest BCUT2D eigenvalue weighted by Gasteiger charge is 2.45. The van der Waals surface area contributed by atoms with Crippen molar-refractivity contribution >= 4 is 23.3 Å². The van der Waals surface area contributed by atoms with Gasteiger partial charge in [0.15, 0.2) is 7.41 Å². The monoisotopic (exact) mass is 334 g/mol. The molecule has 0 unspecified atom stereocenters. The standard InChI is InChI=1S/C22H25NP/c1-2-3-19-23-24(20-13-7-4-8-14-20,21-15-9-5-10-16-21)22-17-11-6-12-18-22/h4-18,23H,2-3,19H2,1H3/q+1. The first kappa shape index (κ1) is 16.9. The van der Waals surface area contributed by atoms with Gasteiger partial charge in [-0.25, -0.2) is 0 Å². The zero-order valence-electron chi connectivity index (χ0n) is 14.2. The van der Waals surface area contributed by atoms with Crippen molar-refractivity contribution in [1.29, 1.82) is 0 Å². The molecule has 0 spiro atoms. The van der Waals surface area contributed by atoms with Gasteiger partial charge in [-0.05, 0) is 42.8 Å². The predicted octanol–water partition coefficient (Wildman–Crippen LogP) is 4.29. The third kappa shape index (κ3) is 3.43. The van der Waals surface area contributed by atoms with Gasteiger partial charge in [-0.1, -0.05) is 67.9 Å². The molecule has 24 heavy (non-hydrogen) atoms. The predicted molar refractivity (Wildman–Crippen MR) is 108 cm³/mol. The summed E-state index contributed by atoms with van der Waals surface area (Å²) in [4.78, 5) is 0. The second kappa shape index (κ2) is 8.24. The normalized spacial score (nSPS) is 11.4. The molecule has 0 amide bonds. The molecule has 0 aliphatic carbocycles. The number of unbranched alkanes of at least 4 members (excludes halogenated alkanes) is 1. The Bertz CT molecular complexity index is 629. The summed E-state index contributed by atoms with van der Waals surface area (Å²) in [5.41, 5.74) is 0. The van der Waals surface area contributed by atoms with Crippen molar-refractivity contribution in [2.45, 2.75) is 19.8 Å². The summed E-state index contributed by atoms with van der Waals surface area (Å²) in [6, 6.07) is 32.8. The molecule has 122 valence electrons.